The summed E-state index contributed by atoms with van der Waals surface area (Å²) in [6, 6.07) is 0.0372. The molecule has 1 saturated carbocycles. The van der Waals surface area contributed by atoms with Crippen molar-refractivity contribution in [3.8, 4) is 0 Å². The lowest BCUT2D eigenvalue weighted by Crippen LogP contribution is -2.26. The van der Waals surface area contributed by atoms with E-state index in [4.69, 9.17) is 11.6 Å². The fourth-order valence-corrected chi connectivity index (χ4v) is 3.38. The zero-order valence-corrected chi connectivity index (χ0v) is 12.8. The average Bonchev–Trinajstić information content (AvgIpc) is 2.88. The lowest BCUT2D eigenvalue weighted by Gasteiger charge is -2.17. The van der Waals surface area contributed by atoms with Gasteiger partial charge in [-0.1, -0.05) is 25.4 Å². The van der Waals surface area contributed by atoms with Gasteiger partial charge in [-0.3, -0.25) is 4.79 Å². The molecule has 126 valence electrons. The van der Waals surface area contributed by atoms with Gasteiger partial charge in [0.15, 0.2) is 28.6 Å². The van der Waals surface area contributed by atoms with E-state index in [0.29, 0.717) is 0 Å². The summed E-state index contributed by atoms with van der Waals surface area (Å²) in [6.45, 7) is 2.88. The predicted octanol–water partition coefficient (Wildman–Crippen LogP) is 4.56. The van der Waals surface area contributed by atoms with Crippen LogP contribution < -0.4 is 0 Å². The highest BCUT2D eigenvalue weighted by Gasteiger charge is 2.75. The first-order chi connectivity index (χ1) is 10.5. The SMILES string of the molecule is CC1(C)C(C=C(F)Cl)C1(Cc1c(F)c(F)cc(F)c1F)C(=O)O. The first-order valence-electron chi connectivity index (χ1n) is 6.55. The molecule has 2 unspecified atom stereocenters. The summed E-state index contributed by atoms with van der Waals surface area (Å²) in [7, 11) is 0. The van der Waals surface area contributed by atoms with E-state index in [1.165, 1.54) is 13.8 Å². The Morgan fingerprint density at radius 1 is 1.26 bits per heavy atom. The second-order valence-corrected chi connectivity index (χ2v) is 6.42. The molecule has 0 heterocycles. The number of rotatable bonds is 4. The van der Waals surface area contributed by atoms with Gasteiger partial charge in [-0.15, -0.1) is 0 Å². The van der Waals surface area contributed by atoms with Gasteiger partial charge >= 0.3 is 5.97 Å². The van der Waals surface area contributed by atoms with Crippen molar-refractivity contribution >= 4 is 17.6 Å². The van der Waals surface area contributed by atoms with E-state index in [1.807, 2.05) is 0 Å². The summed E-state index contributed by atoms with van der Waals surface area (Å²) in [5.74, 6) is -9.05. The number of carboxylic acids is 1. The topological polar surface area (TPSA) is 37.3 Å². The lowest BCUT2D eigenvalue weighted by molar-refractivity contribution is -0.145. The third kappa shape index (κ3) is 2.51. The fourth-order valence-electron chi connectivity index (χ4n) is 3.25. The monoisotopic (exact) mass is 354 g/mol. The molecule has 1 aromatic rings. The van der Waals surface area contributed by atoms with E-state index >= 15 is 0 Å². The maximum absolute atomic E-state index is 13.8. The number of halogens is 6. The normalized spacial score (nSPS) is 26.3. The van der Waals surface area contributed by atoms with Crippen LogP contribution in [-0.2, 0) is 11.2 Å². The smallest absolute Gasteiger partial charge is 0.311 e. The van der Waals surface area contributed by atoms with Crippen molar-refractivity contribution in [2.24, 2.45) is 16.7 Å². The zero-order chi connectivity index (χ0) is 17.7. The maximum atomic E-state index is 13.8. The molecule has 8 heteroatoms. The van der Waals surface area contributed by atoms with Crippen LogP contribution in [0.4, 0.5) is 22.0 Å². The van der Waals surface area contributed by atoms with Crippen LogP contribution in [0.3, 0.4) is 0 Å². The van der Waals surface area contributed by atoms with Gasteiger partial charge in [0.1, 0.15) is 0 Å². The zero-order valence-electron chi connectivity index (χ0n) is 12.1. The van der Waals surface area contributed by atoms with Crippen molar-refractivity contribution < 1.29 is 31.9 Å². The summed E-state index contributed by atoms with van der Waals surface area (Å²) in [5.41, 5.74) is -3.97. The summed E-state index contributed by atoms with van der Waals surface area (Å²) < 4.78 is 67.2. The van der Waals surface area contributed by atoms with Crippen molar-refractivity contribution in [3.05, 3.63) is 46.3 Å². The lowest BCUT2D eigenvalue weighted by atomic mass is 9.88. The third-order valence-corrected chi connectivity index (χ3v) is 4.83. The van der Waals surface area contributed by atoms with Gasteiger partial charge in [-0.05, 0) is 17.9 Å². The van der Waals surface area contributed by atoms with Gasteiger partial charge in [0, 0.05) is 17.5 Å². The third-order valence-electron chi connectivity index (χ3n) is 4.71. The molecule has 1 aliphatic rings. The molecule has 0 bridgehead atoms. The van der Waals surface area contributed by atoms with Crippen LogP contribution in [0.15, 0.2) is 17.4 Å². The van der Waals surface area contributed by atoms with E-state index in [2.05, 4.69) is 0 Å². The quantitative estimate of drug-likeness (QED) is 0.635. The Morgan fingerprint density at radius 3 is 2.13 bits per heavy atom. The summed E-state index contributed by atoms with van der Waals surface area (Å²) in [6.07, 6.45) is -0.0197. The standard InChI is InChI=1S/C15H12ClF5O2/c1-14(2)9(4-10(16)19)15(14,13(22)23)5-6-11(20)7(17)3-8(18)12(6)21/h3-4,9H,5H2,1-2H3,(H,22,23). The van der Waals surface area contributed by atoms with E-state index in [0.717, 1.165) is 6.08 Å². The highest BCUT2D eigenvalue weighted by atomic mass is 35.5. The van der Waals surface area contributed by atoms with Crippen LogP contribution in [0.5, 0.6) is 0 Å². The number of carboxylic acid groups (broad SMARTS) is 1. The van der Waals surface area contributed by atoms with Crippen LogP contribution in [0.1, 0.15) is 19.4 Å². The second-order valence-electron chi connectivity index (χ2n) is 6.06. The molecule has 0 spiro atoms. The highest BCUT2D eigenvalue weighted by Crippen LogP contribution is 2.71. The maximum Gasteiger partial charge on any atom is 0.311 e. The van der Waals surface area contributed by atoms with Gasteiger partial charge in [0.25, 0.3) is 0 Å². The van der Waals surface area contributed by atoms with Crippen LogP contribution >= 0.6 is 11.6 Å². The number of aliphatic carboxylic acids is 1. The van der Waals surface area contributed by atoms with Gasteiger partial charge < -0.3 is 5.11 Å². The molecule has 1 N–H and O–H groups in total. The second kappa shape index (κ2) is 5.47. The molecule has 1 fully saturated rings. The molecule has 0 aliphatic heterocycles. The molecule has 0 radical (unpaired) electrons. The number of hydrogen-bond donors (Lipinski definition) is 1. The molecule has 2 nitrogen and oxygen atoms in total. The Morgan fingerprint density at radius 2 is 1.74 bits per heavy atom. The molecule has 0 aromatic heterocycles. The Hall–Kier alpha value is -1.63. The molecular formula is C15H12ClF5O2. The molecule has 0 amide bonds. The van der Waals surface area contributed by atoms with Gasteiger partial charge in [0.2, 0.25) is 0 Å². The van der Waals surface area contributed by atoms with E-state index in [-0.39, 0.29) is 6.07 Å². The van der Waals surface area contributed by atoms with Crippen molar-refractivity contribution in [3.63, 3.8) is 0 Å². The van der Waals surface area contributed by atoms with E-state index in [1.54, 1.807) is 0 Å². The van der Waals surface area contributed by atoms with Crippen molar-refractivity contribution in [1.29, 1.82) is 0 Å². The van der Waals surface area contributed by atoms with Gasteiger partial charge in [0.05, 0.1) is 5.41 Å². The number of benzene rings is 1. The molecule has 0 saturated heterocycles. The van der Waals surface area contributed by atoms with Crippen LogP contribution in [0, 0.1) is 40.0 Å². The van der Waals surface area contributed by atoms with Crippen molar-refractivity contribution in [2.45, 2.75) is 20.3 Å². The molecular weight excluding hydrogens is 343 g/mol. The first kappa shape index (κ1) is 17.7. The minimum atomic E-state index is -1.83. The van der Waals surface area contributed by atoms with Crippen LogP contribution in [0.2, 0.25) is 0 Å². The fraction of sp³-hybridized carbons (Fsp3) is 0.400. The Bertz CT molecular complexity index is 686. The minimum Gasteiger partial charge on any atom is -0.481 e. The Kier molecular flexibility index (Phi) is 4.22. The Labute approximate surface area is 133 Å². The van der Waals surface area contributed by atoms with Crippen LogP contribution in [-0.4, -0.2) is 11.1 Å². The highest BCUT2D eigenvalue weighted by molar-refractivity contribution is 6.28. The van der Waals surface area contributed by atoms with E-state index < -0.39 is 63.3 Å². The van der Waals surface area contributed by atoms with E-state index in [9.17, 15) is 31.9 Å². The number of carbonyl (C=O) groups is 1. The van der Waals surface area contributed by atoms with Gasteiger partial charge in [-0.2, -0.15) is 4.39 Å². The molecule has 1 aliphatic carbocycles. The number of hydrogen-bond acceptors (Lipinski definition) is 1. The molecule has 2 atom stereocenters. The summed E-state index contributed by atoms with van der Waals surface area (Å²) in [4.78, 5) is 11.7. The van der Waals surface area contributed by atoms with Crippen molar-refractivity contribution in [2.75, 3.05) is 0 Å². The number of allylic oxidation sites excluding steroid dienone is 1. The van der Waals surface area contributed by atoms with Crippen LogP contribution in [0.25, 0.3) is 0 Å². The minimum absolute atomic E-state index is 0.0372. The average molecular weight is 355 g/mol. The Balaban J connectivity index is 2.57. The molecule has 23 heavy (non-hydrogen) atoms. The first-order valence-corrected chi connectivity index (χ1v) is 6.92. The predicted molar refractivity (Wildman–Crippen MR) is 72.4 cm³/mol. The summed E-state index contributed by atoms with van der Waals surface area (Å²) >= 11 is 5.12. The molecule has 1 aromatic carbocycles. The summed E-state index contributed by atoms with van der Waals surface area (Å²) in [5, 5.41) is 8.31. The molecule has 2 rings (SSSR count). The largest absolute Gasteiger partial charge is 0.481 e. The van der Waals surface area contributed by atoms with Crippen molar-refractivity contribution in [1.82, 2.24) is 0 Å². The van der Waals surface area contributed by atoms with Gasteiger partial charge in [-0.25, -0.2) is 17.6 Å².